The molecule has 0 aliphatic heterocycles. The van der Waals surface area contributed by atoms with E-state index in [1.54, 1.807) is 6.07 Å². The van der Waals surface area contributed by atoms with Crippen molar-refractivity contribution in [1.29, 1.82) is 0 Å². The zero-order valence-electron chi connectivity index (χ0n) is 11.5. The van der Waals surface area contributed by atoms with E-state index in [1.165, 1.54) is 12.1 Å². The number of nitrogens with one attached hydrogen (secondary N) is 1. The quantitative estimate of drug-likeness (QED) is 0.615. The smallest absolute Gasteiger partial charge is 0.305 e. The van der Waals surface area contributed by atoms with E-state index >= 15 is 0 Å². The van der Waals surface area contributed by atoms with Crippen LogP contribution in [0.25, 0.3) is 0 Å². The summed E-state index contributed by atoms with van der Waals surface area (Å²) in [7, 11) is 0. The minimum absolute atomic E-state index is 0.00311. The van der Waals surface area contributed by atoms with Gasteiger partial charge in [0, 0.05) is 27.8 Å². The minimum atomic E-state index is -0.831. The zero-order valence-corrected chi connectivity index (χ0v) is 13.1. The number of nitrogens with zero attached hydrogens (tertiary/aromatic N) is 1. The fraction of sp³-hybridized carbons (Fsp3) is 0.500. The number of hydrogen-bond acceptors (Lipinski definition) is 4. The number of halogens is 1. The van der Waals surface area contributed by atoms with Gasteiger partial charge in [0.15, 0.2) is 0 Å². The summed E-state index contributed by atoms with van der Waals surface area (Å²) in [6.45, 7) is 0. The fourth-order valence-corrected chi connectivity index (χ4v) is 3.33. The van der Waals surface area contributed by atoms with Crippen molar-refractivity contribution in [3.05, 3.63) is 32.8 Å². The zero-order chi connectivity index (χ0) is 15.5. The standard InChI is InChI=1S/C14H17BrN2O4/c15-11-8-10(17(20)21)4-5-12(11)16-14(9-13(18)19)6-2-1-3-7-14/h4-5,8,16H,1-3,6-7,9H2,(H,18,19). The van der Waals surface area contributed by atoms with Crippen molar-refractivity contribution in [2.45, 2.75) is 44.1 Å². The number of non-ortho nitro benzene ring substituents is 1. The third-order valence-electron chi connectivity index (χ3n) is 3.86. The van der Waals surface area contributed by atoms with Gasteiger partial charge in [-0.2, -0.15) is 0 Å². The van der Waals surface area contributed by atoms with Crippen LogP contribution in [0.3, 0.4) is 0 Å². The molecule has 0 radical (unpaired) electrons. The second-order valence-corrected chi connectivity index (χ2v) is 6.31. The molecule has 1 aliphatic carbocycles. The summed E-state index contributed by atoms with van der Waals surface area (Å²) < 4.78 is 0.576. The molecule has 0 unspecified atom stereocenters. The van der Waals surface area contributed by atoms with Gasteiger partial charge in [-0.1, -0.05) is 19.3 Å². The number of carboxylic acids is 1. The molecule has 0 bridgehead atoms. The second-order valence-electron chi connectivity index (χ2n) is 5.46. The summed E-state index contributed by atoms with van der Waals surface area (Å²) in [5.41, 5.74) is 0.232. The summed E-state index contributed by atoms with van der Waals surface area (Å²) >= 11 is 3.32. The molecule has 2 N–H and O–H groups in total. The van der Waals surface area contributed by atoms with E-state index in [0.717, 1.165) is 32.1 Å². The third-order valence-corrected chi connectivity index (χ3v) is 4.52. The molecule has 1 aromatic rings. The summed E-state index contributed by atoms with van der Waals surface area (Å²) in [6, 6.07) is 4.48. The highest BCUT2D eigenvalue weighted by molar-refractivity contribution is 9.10. The van der Waals surface area contributed by atoms with Crippen molar-refractivity contribution in [3.63, 3.8) is 0 Å². The maximum absolute atomic E-state index is 11.2. The van der Waals surface area contributed by atoms with Gasteiger partial charge < -0.3 is 10.4 Å². The number of nitro groups is 1. The molecule has 0 amide bonds. The first kappa shape index (κ1) is 15.8. The summed E-state index contributed by atoms with van der Waals surface area (Å²) in [6.07, 6.45) is 4.74. The first-order valence-electron chi connectivity index (χ1n) is 6.86. The van der Waals surface area contributed by atoms with E-state index in [-0.39, 0.29) is 12.1 Å². The number of nitro benzene ring substituents is 1. The van der Waals surface area contributed by atoms with E-state index in [2.05, 4.69) is 21.2 Å². The van der Waals surface area contributed by atoms with Crippen LogP contribution < -0.4 is 5.32 Å². The Labute approximate surface area is 130 Å². The highest BCUT2D eigenvalue weighted by atomic mass is 79.9. The molecule has 0 spiro atoms. The molecule has 2 rings (SSSR count). The maximum atomic E-state index is 11.2. The predicted octanol–water partition coefficient (Wildman–Crippen LogP) is 3.95. The van der Waals surface area contributed by atoms with Gasteiger partial charge in [0.2, 0.25) is 0 Å². The van der Waals surface area contributed by atoms with Crippen LogP contribution in [-0.4, -0.2) is 21.5 Å². The summed E-state index contributed by atoms with van der Waals surface area (Å²) in [5, 5.41) is 23.2. The molecule has 0 heterocycles. The normalized spacial score (nSPS) is 17.2. The molecule has 0 saturated heterocycles. The van der Waals surface area contributed by atoms with Crippen LogP contribution in [0.5, 0.6) is 0 Å². The van der Waals surface area contributed by atoms with Crippen molar-refractivity contribution in [1.82, 2.24) is 0 Å². The van der Waals surface area contributed by atoms with Crippen molar-refractivity contribution >= 4 is 33.3 Å². The van der Waals surface area contributed by atoms with Crippen LogP contribution in [0.4, 0.5) is 11.4 Å². The van der Waals surface area contributed by atoms with Gasteiger partial charge in [-0.05, 0) is 34.8 Å². The van der Waals surface area contributed by atoms with Gasteiger partial charge >= 0.3 is 5.97 Å². The molecule has 21 heavy (non-hydrogen) atoms. The van der Waals surface area contributed by atoms with E-state index in [0.29, 0.717) is 10.2 Å². The monoisotopic (exact) mass is 356 g/mol. The fourth-order valence-electron chi connectivity index (χ4n) is 2.87. The third kappa shape index (κ3) is 3.93. The van der Waals surface area contributed by atoms with Gasteiger partial charge in [0.25, 0.3) is 5.69 Å². The predicted molar refractivity (Wildman–Crippen MR) is 82.5 cm³/mol. The minimum Gasteiger partial charge on any atom is -0.481 e. The maximum Gasteiger partial charge on any atom is 0.305 e. The highest BCUT2D eigenvalue weighted by Gasteiger charge is 2.34. The Morgan fingerprint density at radius 1 is 1.38 bits per heavy atom. The Morgan fingerprint density at radius 3 is 2.57 bits per heavy atom. The molecule has 0 aromatic heterocycles. The Kier molecular flexibility index (Phi) is 4.82. The SMILES string of the molecule is O=C(O)CC1(Nc2ccc([N+](=O)[O-])cc2Br)CCCCC1. The summed E-state index contributed by atoms with van der Waals surface area (Å²) in [5.74, 6) is -0.831. The molecule has 7 heteroatoms. The number of rotatable bonds is 5. The molecule has 1 aromatic carbocycles. The van der Waals surface area contributed by atoms with Crippen LogP contribution >= 0.6 is 15.9 Å². The van der Waals surface area contributed by atoms with Crippen molar-refractivity contribution < 1.29 is 14.8 Å². The van der Waals surface area contributed by atoms with Crippen molar-refractivity contribution in [2.24, 2.45) is 0 Å². The lowest BCUT2D eigenvalue weighted by molar-refractivity contribution is -0.384. The van der Waals surface area contributed by atoms with Crippen LogP contribution in [-0.2, 0) is 4.79 Å². The second kappa shape index (κ2) is 6.43. The number of carboxylic acid groups (broad SMARTS) is 1. The Hall–Kier alpha value is -1.63. The van der Waals surface area contributed by atoms with E-state index in [9.17, 15) is 14.9 Å². The Morgan fingerprint density at radius 2 is 2.05 bits per heavy atom. The number of aliphatic carboxylic acids is 1. The van der Waals surface area contributed by atoms with Gasteiger partial charge in [-0.15, -0.1) is 0 Å². The van der Waals surface area contributed by atoms with Crippen LogP contribution in [0.1, 0.15) is 38.5 Å². The lowest BCUT2D eigenvalue weighted by Gasteiger charge is -2.38. The van der Waals surface area contributed by atoms with Crippen molar-refractivity contribution in [2.75, 3.05) is 5.32 Å². The molecule has 114 valence electrons. The Balaban J connectivity index is 2.24. The molecule has 1 fully saturated rings. The van der Waals surface area contributed by atoms with Crippen LogP contribution in [0.15, 0.2) is 22.7 Å². The lowest BCUT2D eigenvalue weighted by Crippen LogP contribution is -2.42. The number of hydrogen-bond donors (Lipinski definition) is 2. The van der Waals surface area contributed by atoms with E-state index < -0.39 is 16.4 Å². The molecule has 1 saturated carbocycles. The molecule has 1 aliphatic rings. The van der Waals surface area contributed by atoms with Crippen LogP contribution in [0, 0.1) is 10.1 Å². The average molecular weight is 357 g/mol. The molecular formula is C14H17BrN2O4. The van der Waals surface area contributed by atoms with Crippen LogP contribution in [0.2, 0.25) is 0 Å². The van der Waals surface area contributed by atoms with Gasteiger partial charge in [0.1, 0.15) is 0 Å². The Bertz CT molecular complexity index is 556. The van der Waals surface area contributed by atoms with Crippen molar-refractivity contribution in [3.8, 4) is 0 Å². The highest BCUT2D eigenvalue weighted by Crippen LogP contribution is 2.37. The molecular weight excluding hydrogens is 340 g/mol. The molecule has 6 nitrogen and oxygen atoms in total. The lowest BCUT2D eigenvalue weighted by atomic mass is 9.79. The van der Waals surface area contributed by atoms with E-state index in [4.69, 9.17) is 5.11 Å². The first-order chi connectivity index (χ1) is 9.92. The topological polar surface area (TPSA) is 92.5 Å². The number of benzene rings is 1. The van der Waals surface area contributed by atoms with Gasteiger partial charge in [-0.25, -0.2) is 0 Å². The first-order valence-corrected chi connectivity index (χ1v) is 7.65. The number of anilines is 1. The van der Waals surface area contributed by atoms with E-state index in [1.807, 2.05) is 0 Å². The summed E-state index contributed by atoms with van der Waals surface area (Å²) in [4.78, 5) is 21.4. The van der Waals surface area contributed by atoms with Gasteiger partial charge in [0.05, 0.1) is 11.3 Å². The van der Waals surface area contributed by atoms with Gasteiger partial charge in [-0.3, -0.25) is 14.9 Å². The average Bonchev–Trinajstić information content (AvgIpc) is 2.41. The number of carbonyl (C=O) groups is 1. The largest absolute Gasteiger partial charge is 0.481 e. The molecule has 0 atom stereocenters.